The molecule has 0 aliphatic heterocycles. The van der Waals surface area contributed by atoms with Gasteiger partial charge in [0, 0.05) is 16.8 Å². The van der Waals surface area contributed by atoms with Crippen molar-refractivity contribution in [2.75, 3.05) is 10.6 Å². The number of carbonyl (C=O) groups is 2. The van der Waals surface area contributed by atoms with Crippen LogP contribution < -0.4 is 15.4 Å². The Balaban J connectivity index is 1.36. The van der Waals surface area contributed by atoms with Crippen molar-refractivity contribution in [3.63, 3.8) is 0 Å². The highest BCUT2D eigenvalue weighted by Gasteiger charge is 2.13. The molecule has 2 aromatic heterocycles. The first-order chi connectivity index (χ1) is 15.6. The number of hydrogen-bond donors (Lipinski definition) is 3. The number of anilines is 2. The van der Waals surface area contributed by atoms with Crippen LogP contribution in [0.2, 0.25) is 0 Å². The second kappa shape index (κ2) is 10.1. The van der Waals surface area contributed by atoms with Gasteiger partial charge in [0.05, 0.1) is 22.7 Å². The van der Waals surface area contributed by atoms with Crippen molar-refractivity contribution >= 4 is 45.4 Å². The van der Waals surface area contributed by atoms with Crippen molar-refractivity contribution in [1.29, 1.82) is 0 Å². The molecule has 0 fully saturated rings. The van der Waals surface area contributed by atoms with Gasteiger partial charge < -0.3 is 15.2 Å². The van der Waals surface area contributed by atoms with Gasteiger partial charge in [0.25, 0.3) is 5.91 Å². The van der Waals surface area contributed by atoms with E-state index in [0.717, 1.165) is 16.3 Å². The molecule has 0 aliphatic carbocycles. The molecular formula is C23H19N3O4S2. The molecule has 3 N–H and O–H groups in total. The summed E-state index contributed by atoms with van der Waals surface area (Å²) in [5.41, 5.74) is 1.27. The van der Waals surface area contributed by atoms with E-state index in [1.54, 1.807) is 11.4 Å². The minimum Gasteiger partial charge on any atom is -0.481 e. The third-order valence-corrected chi connectivity index (χ3v) is 6.19. The standard InChI is InChI=1S/C23H19N3O4S2/c27-21(28)12-15-14-31-23(25-15)26-22(29)20-11-10-17(32-20)13-24-18-8-4-5-9-19(18)30-16-6-2-1-3-7-16/h1-11,14,24H,12-13H2,(H,27,28)(H,25,26,29). The van der Waals surface area contributed by atoms with Gasteiger partial charge in [-0.25, -0.2) is 4.98 Å². The van der Waals surface area contributed by atoms with Gasteiger partial charge in [-0.3, -0.25) is 14.9 Å². The first-order valence-electron chi connectivity index (χ1n) is 9.69. The molecule has 32 heavy (non-hydrogen) atoms. The van der Waals surface area contributed by atoms with Gasteiger partial charge in [-0.1, -0.05) is 30.3 Å². The van der Waals surface area contributed by atoms with Gasteiger partial charge in [-0.05, 0) is 36.4 Å². The van der Waals surface area contributed by atoms with Crippen LogP contribution in [-0.4, -0.2) is 22.0 Å². The van der Waals surface area contributed by atoms with Gasteiger partial charge in [0.1, 0.15) is 5.75 Å². The lowest BCUT2D eigenvalue weighted by molar-refractivity contribution is -0.136. The molecule has 0 atom stereocenters. The monoisotopic (exact) mass is 465 g/mol. The van der Waals surface area contributed by atoms with E-state index in [2.05, 4.69) is 15.6 Å². The number of aliphatic carboxylic acids is 1. The summed E-state index contributed by atoms with van der Waals surface area (Å²) in [7, 11) is 0. The molecule has 9 heteroatoms. The highest BCUT2D eigenvalue weighted by molar-refractivity contribution is 7.15. The minimum atomic E-state index is -0.959. The molecule has 0 saturated carbocycles. The number of aromatic nitrogens is 1. The number of thiazole rings is 1. The van der Waals surface area contributed by atoms with Crippen molar-refractivity contribution in [2.45, 2.75) is 13.0 Å². The Morgan fingerprint density at radius 2 is 1.78 bits per heavy atom. The van der Waals surface area contributed by atoms with Crippen molar-refractivity contribution < 1.29 is 19.4 Å². The molecule has 7 nitrogen and oxygen atoms in total. The second-order valence-electron chi connectivity index (χ2n) is 6.70. The average Bonchev–Trinajstić information content (AvgIpc) is 3.43. The summed E-state index contributed by atoms with van der Waals surface area (Å²) in [6.45, 7) is 0.535. The second-order valence-corrected chi connectivity index (χ2v) is 8.73. The third kappa shape index (κ3) is 5.71. The number of ether oxygens (including phenoxy) is 1. The van der Waals surface area contributed by atoms with Crippen LogP contribution in [0.25, 0.3) is 0 Å². The number of para-hydroxylation sites is 3. The number of carboxylic acids is 1. The Bertz CT molecular complexity index is 1220. The number of carbonyl (C=O) groups excluding carboxylic acids is 1. The van der Waals surface area contributed by atoms with Crippen LogP contribution >= 0.6 is 22.7 Å². The Hall–Kier alpha value is -3.69. The topological polar surface area (TPSA) is 101 Å². The molecular weight excluding hydrogens is 446 g/mol. The van der Waals surface area contributed by atoms with E-state index in [4.69, 9.17) is 9.84 Å². The third-order valence-electron chi connectivity index (χ3n) is 4.30. The number of carboxylic acid groups (broad SMARTS) is 1. The summed E-state index contributed by atoms with van der Waals surface area (Å²) >= 11 is 2.58. The largest absolute Gasteiger partial charge is 0.481 e. The van der Waals surface area contributed by atoms with E-state index in [0.29, 0.717) is 28.0 Å². The molecule has 0 aliphatic rings. The molecule has 2 heterocycles. The first-order valence-corrected chi connectivity index (χ1v) is 11.4. The van der Waals surface area contributed by atoms with Crippen LogP contribution in [0.1, 0.15) is 20.2 Å². The van der Waals surface area contributed by atoms with Crippen LogP contribution in [0.5, 0.6) is 11.5 Å². The van der Waals surface area contributed by atoms with Crippen LogP contribution in [0.15, 0.2) is 72.1 Å². The summed E-state index contributed by atoms with van der Waals surface area (Å²) in [5.74, 6) is 0.240. The zero-order chi connectivity index (χ0) is 22.3. The number of nitrogens with zero attached hydrogens (tertiary/aromatic N) is 1. The van der Waals surface area contributed by atoms with Crippen LogP contribution in [0.3, 0.4) is 0 Å². The van der Waals surface area contributed by atoms with Gasteiger partial charge >= 0.3 is 5.97 Å². The predicted molar refractivity (Wildman–Crippen MR) is 126 cm³/mol. The first kappa shape index (κ1) is 21.5. The number of benzene rings is 2. The van der Waals surface area contributed by atoms with Gasteiger partial charge in [0.15, 0.2) is 10.9 Å². The Morgan fingerprint density at radius 1 is 1.00 bits per heavy atom. The van der Waals surface area contributed by atoms with Crippen LogP contribution in [0.4, 0.5) is 10.8 Å². The predicted octanol–water partition coefficient (Wildman–Crippen LogP) is 5.49. The maximum atomic E-state index is 12.5. The minimum absolute atomic E-state index is 0.170. The summed E-state index contributed by atoms with van der Waals surface area (Å²) < 4.78 is 5.97. The average molecular weight is 466 g/mol. The molecule has 4 aromatic rings. The van der Waals surface area contributed by atoms with Crippen molar-refractivity contribution in [2.24, 2.45) is 0 Å². The number of thiophene rings is 1. The highest BCUT2D eigenvalue weighted by atomic mass is 32.1. The summed E-state index contributed by atoms with van der Waals surface area (Å²) in [6.07, 6.45) is -0.170. The fraction of sp³-hybridized carbons (Fsp3) is 0.0870. The molecule has 2 aromatic carbocycles. The Labute approximate surface area is 192 Å². The number of amides is 1. The smallest absolute Gasteiger partial charge is 0.309 e. The van der Waals surface area contributed by atoms with Gasteiger partial charge in [-0.2, -0.15) is 0 Å². The fourth-order valence-electron chi connectivity index (χ4n) is 2.85. The van der Waals surface area contributed by atoms with E-state index in [1.807, 2.05) is 60.7 Å². The van der Waals surface area contributed by atoms with Crippen molar-refractivity contribution in [3.8, 4) is 11.5 Å². The normalized spacial score (nSPS) is 10.5. The van der Waals surface area contributed by atoms with E-state index in [9.17, 15) is 9.59 Å². The van der Waals surface area contributed by atoms with E-state index in [-0.39, 0.29) is 12.3 Å². The van der Waals surface area contributed by atoms with Crippen molar-refractivity contribution in [3.05, 3.63) is 87.6 Å². The molecule has 162 valence electrons. The molecule has 1 amide bonds. The molecule has 4 rings (SSSR count). The van der Waals surface area contributed by atoms with Gasteiger partial charge in [0.2, 0.25) is 0 Å². The van der Waals surface area contributed by atoms with E-state index in [1.165, 1.54) is 22.7 Å². The quantitative estimate of drug-likeness (QED) is 0.302. The van der Waals surface area contributed by atoms with Gasteiger partial charge in [-0.15, -0.1) is 22.7 Å². The molecule has 0 bridgehead atoms. The lowest BCUT2D eigenvalue weighted by Gasteiger charge is -2.12. The van der Waals surface area contributed by atoms with E-state index >= 15 is 0 Å². The SMILES string of the molecule is O=C(O)Cc1csc(NC(=O)c2ccc(CNc3ccccc3Oc3ccccc3)s2)n1. The Kier molecular flexibility index (Phi) is 6.78. The maximum Gasteiger partial charge on any atom is 0.309 e. The summed E-state index contributed by atoms with van der Waals surface area (Å²) in [5, 5.41) is 16.9. The number of nitrogens with one attached hydrogen (secondary N) is 2. The number of hydrogen-bond acceptors (Lipinski definition) is 7. The lowest BCUT2D eigenvalue weighted by Crippen LogP contribution is -2.10. The Morgan fingerprint density at radius 3 is 2.59 bits per heavy atom. The van der Waals surface area contributed by atoms with Crippen LogP contribution in [0, 0.1) is 0 Å². The maximum absolute atomic E-state index is 12.5. The van der Waals surface area contributed by atoms with Crippen molar-refractivity contribution in [1.82, 2.24) is 4.98 Å². The highest BCUT2D eigenvalue weighted by Crippen LogP contribution is 2.30. The summed E-state index contributed by atoms with van der Waals surface area (Å²) in [4.78, 5) is 28.9. The molecule has 0 spiro atoms. The molecule has 0 saturated heterocycles. The molecule has 0 radical (unpaired) electrons. The molecule has 0 unspecified atom stereocenters. The fourth-order valence-corrected chi connectivity index (χ4v) is 4.40. The van der Waals surface area contributed by atoms with Crippen LogP contribution in [-0.2, 0) is 17.8 Å². The lowest BCUT2D eigenvalue weighted by atomic mass is 10.2. The number of rotatable bonds is 9. The summed E-state index contributed by atoms with van der Waals surface area (Å²) in [6, 6.07) is 20.9. The zero-order valence-electron chi connectivity index (χ0n) is 16.8. The zero-order valence-corrected chi connectivity index (χ0v) is 18.4. The van der Waals surface area contributed by atoms with E-state index < -0.39 is 5.97 Å².